The van der Waals surface area contributed by atoms with E-state index in [-0.39, 0.29) is 5.56 Å². The number of aromatic nitrogens is 1. The second kappa shape index (κ2) is 4.94. The molecule has 1 aliphatic rings. The number of aromatic amines is 1. The van der Waals surface area contributed by atoms with Crippen LogP contribution in [0.1, 0.15) is 31.4 Å². The highest BCUT2D eigenvalue weighted by molar-refractivity contribution is 5.96. The van der Waals surface area contributed by atoms with Gasteiger partial charge < -0.3 is 10.4 Å². The van der Waals surface area contributed by atoms with Crippen LogP contribution in [-0.2, 0) is 0 Å². The summed E-state index contributed by atoms with van der Waals surface area (Å²) in [7, 11) is 0. The summed E-state index contributed by atoms with van der Waals surface area (Å²) in [5, 5.41) is 0. The maximum atomic E-state index is 11.2. The maximum absolute atomic E-state index is 11.2. The molecule has 0 aromatic carbocycles. The van der Waals surface area contributed by atoms with Crippen molar-refractivity contribution < 1.29 is 0 Å². The first kappa shape index (κ1) is 10.9. The van der Waals surface area contributed by atoms with Crippen LogP contribution < -0.4 is 16.8 Å². The summed E-state index contributed by atoms with van der Waals surface area (Å²) in [6.45, 7) is 0. The monoisotopic (exact) mass is 220 g/mol. The van der Waals surface area contributed by atoms with Crippen molar-refractivity contribution in [2.45, 2.75) is 31.7 Å². The molecule has 4 N–H and O–H groups in total. The van der Waals surface area contributed by atoms with Gasteiger partial charge in [0, 0.05) is 6.07 Å². The molecule has 1 saturated carbocycles. The molecule has 86 valence electrons. The van der Waals surface area contributed by atoms with Crippen molar-refractivity contribution in [2.24, 2.45) is 10.8 Å². The van der Waals surface area contributed by atoms with Crippen molar-refractivity contribution >= 4 is 5.84 Å². The molecule has 0 atom stereocenters. The van der Waals surface area contributed by atoms with Crippen molar-refractivity contribution in [3.05, 3.63) is 34.2 Å². The highest BCUT2D eigenvalue weighted by atomic mass is 16.1. The molecule has 0 bridgehead atoms. The van der Waals surface area contributed by atoms with Crippen LogP contribution in [0.2, 0.25) is 0 Å². The molecule has 0 amide bonds. The standard InChI is InChI=1S/C11H16N4O/c12-15-11(13-8-4-1-2-5-8)9-6-3-7-10(16)14-9/h3,6-8H,1-2,4-5,12H2,(H,13,15)(H,14,16). The van der Waals surface area contributed by atoms with E-state index in [2.05, 4.69) is 15.4 Å². The number of aliphatic imine (C=N–C) groups is 1. The van der Waals surface area contributed by atoms with E-state index in [1.165, 1.54) is 18.9 Å². The number of hydrogen-bond donors (Lipinski definition) is 3. The number of hydrazine groups is 1. The van der Waals surface area contributed by atoms with Crippen LogP contribution in [0, 0.1) is 0 Å². The van der Waals surface area contributed by atoms with E-state index in [1.807, 2.05) is 0 Å². The SMILES string of the molecule is NNC(=NC1CCCC1)c1cccc(=O)[nH]1. The minimum atomic E-state index is -0.146. The van der Waals surface area contributed by atoms with Crippen LogP contribution >= 0.6 is 0 Å². The van der Waals surface area contributed by atoms with Crippen molar-refractivity contribution in [3.63, 3.8) is 0 Å². The van der Waals surface area contributed by atoms with Crippen LogP contribution in [0.15, 0.2) is 28.0 Å². The first-order valence-corrected chi connectivity index (χ1v) is 5.54. The molecule has 0 saturated heterocycles. The molecule has 0 spiro atoms. The van der Waals surface area contributed by atoms with Gasteiger partial charge in [-0.05, 0) is 18.9 Å². The Morgan fingerprint density at radius 1 is 1.44 bits per heavy atom. The van der Waals surface area contributed by atoms with Crippen molar-refractivity contribution in [1.82, 2.24) is 10.4 Å². The van der Waals surface area contributed by atoms with Gasteiger partial charge in [0.2, 0.25) is 5.56 Å². The minimum Gasteiger partial charge on any atom is -0.319 e. The second-order valence-electron chi connectivity index (χ2n) is 3.99. The fourth-order valence-electron chi connectivity index (χ4n) is 1.99. The summed E-state index contributed by atoms with van der Waals surface area (Å²) in [4.78, 5) is 18.4. The van der Waals surface area contributed by atoms with Gasteiger partial charge in [-0.25, -0.2) is 5.84 Å². The van der Waals surface area contributed by atoms with Crippen LogP contribution in [0.3, 0.4) is 0 Å². The molecule has 1 aromatic rings. The Hall–Kier alpha value is -1.62. The van der Waals surface area contributed by atoms with E-state index < -0.39 is 0 Å². The summed E-state index contributed by atoms with van der Waals surface area (Å²) in [5.41, 5.74) is 3.05. The number of nitrogens with zero attached hydrogens (tertiary/aromatic N) is 1. The molecule has 2 rings (SSSR count). The van der Waals surface area contributed by atoms with Crippen LogP contribution in [-0.4, -0.2) is 16.9 Å². The average Bonchev–Trinajstić information content (AvgIpc) is 2.78. The molecule has 1 aromatic heterocycles. The Labute approximate surface area is 93.8 Å². The average molecular weight is 220 g/mol. The minimum absolute atomic E-state index is 0.146. The normalized spacial score (nSPS) is 17.7. The molecular weight excluding hydrogens is 204 g/mol. The third-order valence-corrected chi connectivity index (χ3v) is 2.80. The van der Waals surface area contributed by atoms with Crippen molar-refractivity contribution in [3.8, 4) is 0 Å². The lowest BCUT2D eigenvalue weighted by Crippen LogP contribution is -2.34. The van der Waals surface area contributed by atoms with Gasteiger partial charge >= 0.3 is 0 Å². The van der Waals surface area contributed by atoms with Crippen LogP contribution in [0.25, 0.3) is 0 Å². The molecule has 16 heavy (non-hydrogen) atoms. The topological polar surface area (TPSA) is 83.3 Å². The Kier molecular flexibility index (Phi) is 3.36. The maximum Gasteiger partial charge on any atom is 0.248 e. The lowest BCUT2D eigenvalue weighted by molar-refractivity contribution is 0.700. The number of nitrogens with one attached hydrogen (secondary N) is 2. The first-order chi connectivity index (χ1) is 7.79. The Morgan fingerprint density at radius 3 is 2.81 bits per heavy atom. The highest BCUT2D eigenvalue weighted by Crippen LogP contribution is 2.21. The zero-order valence-electron chi connectivity index (χ0n) is 9.07. The zero-order valence-corrected chi connectivity index (χ0v) is 9.07. The summed E-state index contributed by atoms with van der Waals surface area (Å²) < 4.78 is 0. The van der Waals surface area contributed by atoms with Crippen LogP contribution in [0.5, 0.6) is 0 Å². The number of amidine groups is 1. The smallest absolute Gasteiger partial charge is 0.248 e. The van der Waals surface area contributed by atoms with Gasteiger partial charge in [-0.2, -0.15) is 0 Å². The third-order valence-electron chi connectivity index (χ3n) is 2.80. The largest absolute Gasteiger partial charge is 0.319 e. The number of rotatable bonds is 2. The molecule has 1 fully saturated rings. The number of nitrogens with two attached hydrogens (primary N) is 1. The first-order valence-electron chi connectivity index (χ1n) is 5.54. The Morgan fingerprint density at radius 2 is 2.19 bits per heavy atom. The number of H-pyrrole nitrogens is 1. The van der Waals surface area contributed by atoms with Gasteiger partial charge in [0.05, 0.1) is 11.7 Å². The van der Waals surface area contributed by atoms with E-state index in [4.69, 9.17) is 5.84 Å². The molecule has 5 nitrogen and oxygen atoms in total. The summed E-state index contributed by atoms with van der Waals surface area (Å²) in [6, 6.07) is 5.27. The molecular formula is C11H16N4O. The van der Waals surface area contributed by atoms with E-state index >= 15 is 0 Å². The van der Waals surface area contributed by atoms with Gasteiger partial charge in [0.25, 0.3) is 0 Å². The quantitative estimate of drug-likeness (QED) is 0.294. The van der Waals surface area contributed by atoms with E-state index in [0.717, 1.165) is 12.8 Å². The van der Waals surface area contributed by atoms with E-state index in [0.29, 0.717) is 17.6 Å². The molecule has 1 aliphatic carbocycles. The Balaban J connectivity index is 2.24. The Bertz CT molecular complexity index is 432. The molecule has 0 aliphatic heterocycles. The predicted molar refractivity (Wildman–Crippen MR) is 63.2 cm³/mol. The van der Waals surface area contributed by atoms with E-state index in [9.17, 15) is 4.79 Å². The summed E-state index contributed by atoms with van der Waals surface area (Å²) in [5.74, 6) is 5.99. The third kappa shape index (κ3) is 2.49. The number of hydrogen-bond acceptors (Lipinski definition) is 3. The lowest BCUT2D eigenvalue weighted by atomic mass is 10.2. The van der Waals surface area contributed by atoms with Gasteiger partial charge in [-0.3, -0.25) is 9.79 Å². The molecule has 5 heteroatoms. The van der Waals surface area contributed by atoms with Gasteiger partial charge in [-0.15, -0.1) is 0 Å². The molecule has 0 radical (unpaired) electrons. The molecule has 1 heterocycles. The highest BCUT2D eigenvalue weighted by Gasteiger charge is 2.15. The summed E-state index contributed by atoms with van der Waals surface area (Å²) >= 11 is 0. The fraction of sp³-hybridized carbons (Fsp3) is 0.455. The van der Waals surface area contributed by atoms with Crippen molar-refractivity contribution in [1.29, 1.82) is 0 Å². The second-order valence-corrected chi connectivity index (χ2v) is 3.99. The summed E-state index contributed by atoms with van der Waals surface area (Å²) in [6.07, 6.45) is 4.64. The predicted octanol–water partition coefficient (Wildman–Crippen LogP) is 0.527. The number of pyridine rings is 1. The van der Waals surface area contributed by atoms with Gasteiger partial charge in [0.1, 0.15) is 0 Å². The van der Waals surface area contributed by atoms with Gasteiger partial charge in [0.15, 0.2) is 5.84 Å². The molecule has 0 unspecified atom stereocenters. The van der Waals surface area contributed by atoms with Crippen LogP contribution in [0.4, 0.5) is 0 Å². The fourth-order valence-corrected chi connectivity index (χ4v) is 1.99. The lowest BCUT2D eigenvalue weighted by Gasteiger charge is -2.08. The van der Waals surface area contributed by atoms with Gasteiger partial charge in [-0.1, -0.05) is 18.9 Å². The van der Waals surface area contributed by atoms with E-state index in [1.54, 1.807) is 12.1 Å². The zero-order chi connectivity index (χ0) is 11.4. The van der Waals surface area contributed by atoms with Crippen molar-refractivity contribution in [2.75, 3.05) is 0 Å².